The molecule has 0 spiro atoms. The van der Waals surface area contributed by atoms with Crippen molar-refractivity contribution in [1.82, 2.24) is 5.32 Å². The van der Waals surface area contributed by atoms with Crippen LogP contribution in [0.1, 0.15) is 44.2 Å². The van der Waals surface area contributed by atoms with Crippen LogP contribution in [0.2, 0.25) is 0 Å². The van der Waals surface area contributed by atoms with E-state index in [0.717, 1.165) is 6.54 Å². The zero-order chi connectivity index (χ0) is 12.1. The van der Waals surface area contributed by atoms with Gasteiger partial charge in [-0.1, -0.05) is 12.8 Å². The Kier molecular flexibility index (Phi) is 5.01. The molecule has 3 heteroatoms. The number of rotatable bonds is 5. The highest BCUT2D eigenvalue weighted by atomic mass is 32.1. The van der Waals surface area contributed by atoms with Gasteiger partial charge in [-0.15, -0.1) is 0 Å². The zero-order valence-electron chi connectivity index (χ0n) is 10.6. The highest BCUT2D eigenvalue weighted by Gasteiger charge is 2.24. The first-order valence-electron chi connectivity index (χ1n) is 6.67. The van der Waals surface area contributed by atoms with Crippen molar-refractivity contribution in [3.05, 3.63) is 22.4 Å². The third kappa shape index (κ3) is 3.54. The van der Waals surface area contributed by atoms with Gasteiger partial charge in [0.05, 0.1) is 0 Å². The fraction of sp³-hybridized carbons (Fsp3) is 0.714. The minimum atomic E-state index is 0.360. The van der Waals surface area contributed by atoms with Gasteiger partial charge in [-0.3, -0.25) is 0 Å². The molecule has 2 rings (SSSR count). The molecule has 96 valence electrons. The van der Waals surface area contributed by atoms with E-state index >= 15 is 0 Å². The zero-order valence-corrected chi connectivity index (χ0v) is 11.4. The molecule has 3 unspecified atom stereocenters. The average molecular weight is 253 g/mol. The van der Waals surface area contributed by atoms with Gasteiger partial charge >= 0.3 is 0 Å². The van der Waals surface area contributed by atoms with Crippen molar-refractivity contribution in [3.8, 4) is 0 Å². The van der Waals surface area contributed by atoms with E-state index in [1.54, 1.807) is 11.3 Å². The van der Waals surface area contributed by atoms with Crippen LogP contribution in [-0.2, 0) is 0 Å². The molecule has 0 aliphatic heterocycles. The van der Waals surface area contributed by atoms with E-state index in [0.29, 0.717) is 24.5 Å². The molecular weight excluding hydrogens is 230 g/mol. The van der Waals surface area contributed by atoms with Crippen molar-refractivity contribution >= 4 is 11.3 Å². The van der Waals surface area contributed by atoms with Crippen LogP contribution in [0.15, 0.2) is 16.8 Å². The maximum absolute atomic E-state index is 9.38. The molecule has 1 heterocycles. The molecule has 3 atom stereocenters. The Morgan fingerprint density at radius 2 is 2.18 bits per heavy atom. The van der Waals surface area contributed by atoms with Crippen molar-refractivity contribution < 1.29 is 5.11 Å². The Bertz CT molecular complexity index is 312. The van der Waals surface area contributed by atoms with E-state index in [1.807, 2.05) is 0 Å². The molecule has 1 aromatic heterocycles. The van der Waals surface area contributed by atoms with E-state index in [1.165, 1.54) is 31.2 Å². The monoisotopic (exact) mass is 253 g/mol. The normalized spacial score (nSPS) is 26.9. The van der Waals surface area contributed by atoms with Gasteiger partial charge < -0.3 is 10.4 Å². The molecule has 0 aromatic carbocycles. The first-order valence-corrected chi connectivity index (χ1v) is 7.62. The summed E-state index contributed by atoms with van der Waals surface area (Å²) < 4.78 is 0. The number of nitrogens with one attached hydrogen (secondary N) is 1. The highest BCUT2D eigenvalue weighted by Crippen LogP contribution is 2.29. The Morgan fingerprint density at radius 3 is 2.82 bits per heavy atom. The van der Waals surface area contributed by atoms with Crippen molar-refractivity contribution in [2.24, 2.45) is 11.8 Å². The molecule has 0 saturated heterocycles. The van der Waals surface area contributed by atoms with E-state index in [-0.39, 0.29) is 0 Å². The Balaban J connectivity index is 1.80. The minimum Gasteiger partial charge on any atom is -0.396 e. The first kappa shape index (κ1) is 13.1. The second-order valence-corrected chi connectivity index (χ2v) is 5.95. The van der Waals surface area contributed by atoms with Crippen LogP contribution in [0, 0.1) is 11.8 Å². The number of hydrogen-bond acceptors (Lipinski definition) is 3. The van der Waals surface area contributed by atoms with Gasteiger partial charge in [-0.2, -0.15) is 11.3 Å². The molecule has 0 bridgehead atoms. The van der Waals surface area contributed by atoms with Crippen molar-refractivity contribution in [2.75, 3.05) is 13.2 Å². The van der Waals surface area contributed by atoms with Crippen molar-refractivity contribution in [1.29, 1.82) is 0 Å². The average Bonchev–Trinajstić information content (AvgIpc) is 2.90. The smallest absolute Gasteiger partial charge is 0.0462 e. The summed E-state index contributed by atoms with van der Waals surface area (Å²) in [5.74, 6) is 1.18. The van der Waals surface area contributed by atoms with Gasteiger partial charge in [0.2, 0.25) is 0 Å². The summed E-state index contributed by atoms with van der Waals surface area (Å²) in [6.45, 7) is 3.63. The number of thiophene rings is 1. The standard InChI is InChI=1S/C14H23NOS/c1-11(14-6-7-17-10-14)15-8-12-4-2-3-5-13(12)9-16/h6-7,10-13,15-16H,2-5,8-9H2,1H3. The van der Waals surface area contributed by atoms with E-state index in [9.17, 15) is 5.11 Å². The second-order valence-electron chi connectivity index (χ2n) is 5.17. The van der Waals surface area contributed by atoms with E-state index in [4.69, 9.17) is 0 Å². The van der Waals surface area contributed by atoms with Crippen LogP contribution in [0.25, 0.3) is 0 Å². The van der Waals surface area contributed by atoms with Crippen molar-refractivity contribution in [3.63, 3.8) is 0 Å². The first-order chi connectivity index (χ1) is 8.31. The Labute approximate surface area is 108 Å². The lowest BCUT2D eigenvalue weighted by molar-refractivity contribution is 0.131. The molecule has 2 nitrogen and oxygen atoms in total. The number of aliphatic hydroxyl groups excluding tert-OH is 1. The largest absolute Gasteiger partial charge is 0.396 e. The van der Waals surface area contributed by atoms with Gasteiger partial charge in [0, 0.05) is 12.6 Å². The summed E-state index contributed by atoms with van der Waals surface area (Å²) in [6, 6.07) is 2.62. The Morgan fingerprint density at radius 1 is 1.41 bits per heavy atom. The van der Waals surface area contributed by atoms with Crippen LogP contribution in [0.3, 0.4) is 0 Å². The van der Waals surface area contributed by atoms with Crippen molar-refractivity contribution in [2.45, 2.75) is 38.6 Å². The third-order valence-electron chi connectivity index (χ3n) is 4.03. The van der Waals surface area contributed by atoms with Gasteiger partial charge in [0.1, 0.15) is 0 Å². The van der Waals surface area contributed by atoms with E-state index < -0.39 is 0 Å². The lowest BCUT2D eigenvalue weighted by Crippen LogP contribution is -2.33. The fourth-order valence-corrected chi connectivity index (χ4v) is 3.52. The summed E-state index contributed by atoms with van der Waals surface area (Å²) in [5.41, 5.74) is 1.38. The molecular formula is C14H23NOS. The van der Waals surface area contributed by atoms with Crippen LogP contribution in [0.5, 0.6) is 0 Å². The summed E-state index contributed by atoms with van der Waals surface area (Å²) in [6.07, 6.45) is 5.10. The lowest BCUT2D eigenvalue weighted by atomic mass is 9.79. The summed E-state index contributed by atoms with van der Waals surface area (Å²) in [5, 5.41) is 17.3. The topological polar surface area (TPSA) is 32.3 Å². The molecule has 1 saturated carbocycles. The van der Waals surface area contributed by atoms with Gasteiger partial charge in [-0.05, 0) is 60.5 Å². The molecule has 2 N–H and O–H groups in total. The number of hydrogen-bond donors (Lipinski definition) is 2. The highest BCUT2D eigenvalue weighted by molar-refractivity contribution is 7.07. The van der Waals surface area contributed by atoms with Gasteiger partial charge in [0.15, 0.2) is 0 Å². The molecule has 1 fully saturated rings. The van der Waals surface area contributed by atoms with Crippen LogP contribution >= 0.6 is 11.3 Å². The molecule has 17 heavy (non-hydrogen) atoms. The summed E-state index contributed by atoms with van der Waals surface area (Å²) in [7, 11) is 0. The SMILES string of the molecule is CC(NCC1CCCCC1CO)c1ccsc1. The maximum atomic E-state index is 9.38. The molecule has 0 radical (unpaired) electrons. The predicted molar refractivity (Wildman–Crippen MR) is 73.3 cm³/mol. The maximum Gasteiger partial charge on any atom is 0.0462 e. The molecule has 1 aliphatic rings. The summed E-state index contributed by atoms with van der Waals surface area (Å²) in [4.78, 5) is 0. The number of aliphatic hydroxyl groups is 1. The Hall–Kier alpha value is -0.380. The predicted octanol–water partition coefficient (Wildman–Crippen LogP) is 3.20. The van der Waals surface area contributed by atoms with Crippen LogP contribution in [0.4, 0.5) is 0 Å². The second kappa shape index (κ2) is 6.53. The molecule has 1 aromatic rings. The lowest BCUT2D eigenvalue weighted by Gasteiger charge is -2.31. The quantitative estimate of drug-likeness (QED) is 0.844. The summed E-state index contributed by atoms with van der Waals surface area (Å²) >= 11 is 1.75. The molecule has 0 amide bonds. The van der Waals surface area contributed by atoms with Crippen LogP contribution < -0.4 is 5.32 Å². The minimum absolute atomic E-state index is 0.360. The molecule has 1 aliphatic carbocycles. The van der Waals surface area contributed by atoms with Gasteiger partial charge in [0.25, 0.3) is 0 Å². The third-order valence-corrected chi connectivity index (χ3v) is 4.73. The van der Waals surface area contributed by atoms with Gasteiger partial charge in [-0.25, -0.2) is 0 Å². The van der Waals surface area contributed by atoms with E-state index in [2.05, 4.69) is 29.1 Å². The van der Waals surface area contributed by atoms with Crippen LogP contribution in [-0.4, -0.2) is 18.3 Å². The fourth-order valence-electron chi connectivity index (χ4n) is 2.76.